The maximum Gasteiger partial charge on any atom is 0.439 e. The van der Waals surface area contributed by atoms with Gasteiger partial charge in [-0.25, -0.2) is 9.78 Å². The normalized spacial score (nSPS) is 12.4. The number of aryl methyl sites for hydroxylation is 1. The van der Waals surface area contributed by atoms with Crippen LogP contribution < -0.4 is 16.5 Å². The number of halogens is 1. The highest BCUT2D eigenvalue weighted by Gasteiger charge is 2.21. The minimum atomic E-state index is -0.703. The molecule has 1 unspecified atom stereocenters. The Labute approximate surface area is 216 Å². The Morgan fingerprint density at radius 2 is 1.92 bits per heavy atom. The lowest BCUT2D eigenvalue weighted by Gasteiger charge is -2.19. The Hall–Kier alpha value is -4.18. The molecule has 0 aliphatic rings. The molecule has 0 saturated carbocycles. The van der Waals surface area contributed by atoms with Crippen molar-refractivity contribution in [1.82, 2.24) is 24.9 Å². The summed E-state index contributed by atoms with van der Waals surface area (Å²) < 4.78 is 12.9. The molecular formula is C26H25ClN6O4. The molecule has 0 spiro atoms. The van der Waals surface area contributed by atoms with Gasteiger partial charge < -0.3 is 9.73 Å². The standard InChI is InChI=1S/C26H25ClN6O4/c1-12(2)33-11-16(10-28-33)23-14(4)22(34)18-9-13(3)8-17(24(18)36-23)15(5)29-19-6-7-20(27)30-21(19)25-31-26(35)37-32-25/h6-12,15,29H,1-5H3,(H,31,32,35). The molecule has 0 fully saturated rings. The SMILES string of the molecule is Cc1cc(C(C)Nc2ccc(Cl)nc2-c2noc(=O)[nH]2)c2oc(-c3cnn(C(C)C)c3)c(C)c(=O)c2c1. The highest BCUT2D eigenvalue weighted by molar-refractivity contribution is 6.29. The van der Waals surface area contributed by atoms with Gasteiger partial charge >= 0.3 is 5.76 Å². The van der Waals surface area contributed by atoms with E-state index in [1.54, 1.807) is 25.3 Å². The minimum Gasteiger partial charge on any atom is -0.455 e. The minimum absolute atomic E-state index is 0.0975. The quantitative estimate of drug-likeness (QED) is 0.284. The van der Waals surface area contributed by atoms with E-state index in [1.807, 2.05) is 50.7 Å². The Morgan fingerprint density at radius 1 is 1.14 bits per heavy atom. The van der Waals surface area contributed by atoms with Crippen LogP contribution in [0.15, 0.2) is 55.2 Å². The molecule has 0 radical (unpaired) electrons. The summed E-state index contributed by atoms with van der Waals surface area (Å²) in [5, 5.41) is 12.3. The Balaban J connectivity index is 1.63. The molecule has 4 aromatic heterocycles. The van der Waals surface area contributed by atoms with Crippen molar-refractivity contribution in [1.29, 1.82) is 0 Å². The third-order valence-electron chi connectivity index (χ3n) is 6.15. The number of hydrogen-bond donors (Lipinski definition) is 2. The molecule has 1 atom stereocenters. The number of benzene rings is 1. The van der Waals surface area contributed by atoms with Crippen LogP contribution in [-0.2, 0) is 0 Å². The fourth-order valence-electron chi connectivity index (χ4n) is 4.28. The summed E-state index contributed by atoms with van der Waals surface area (Å²) in [6.45, 7) is 9.70. The van der Waals surface area contributed by atoms with Gasteiger partial charge in [0.1, 0.15) is 22.2 Å². The van der Waals surface area contributed by atoms with Crippen LogP contribution in [0.2, 0.25) is 5.15 Å². The van der Waals surface area contributed by atoms with Gasteiger partial charge in [0, 0.05) is 23.4 Å². The van der Waals surface area contributed by atoms with Crippen LogP contribution in [0.25, 0.3) is 33.8 Å². The van der Waals surface area contributed by atoms with Crippen LogP contribution in [0.4, 0.5) is 5.69 Å². The average molecular weight is 521 g/mol. The summed E-state index contributed by atoms with van der Waals surface area (Å²) in [6, 6.07) is 7.01. The number of hydrogen-bond acceptors (Lipinski definition) is 8. The molecule has 190 valence electrons. The Bertz CT molecular complexity index is 1750. The summed E-state index contributed by atoms with van der Waals surface area (Å²) in [4.78, 5) is 31.8. The van der Waals surface area contributed by atoms with E-state index >= 15 is 0 Å². The fraction of sp³-hybridized carbons (Fsp3) is 0.269. The van der Waals surface area contributed by atoms with E-state index < -0.39 is 5.76 Å². The van der Waals surface area contributed by atoms with Gasteiger partial charge in [-0.1, -0.05) is 22.8 Å². The highest BCUT2D eigenvalue weighted by Crippen LogP contribution is 2.34. The third-order valence-corrected chi connectivity index (χ3v) is 6.36. The maximum absolute atomic E-state index is 13.4. The first-order chi connectivity index (χ1) is 17.6. The van der Waals surface area contributed by atoms with Gasteiger partial charge in [0.2, 0.25) is 5.82 Å². The second-order valence-corrected chi connectivity index (χ2v) is 9.65. The van der Waals surface area contributed by atoms with Gasteiger partial charge in [0.25, 0.3) is 0 Å². The number of nitrogens with one attached hydrogen (secondary N) is 2. The first kappa shape index (κ1) is 24.5. The van der Waals surface area contributed by atoms with Gasteiger partial charge in [0.15, 0.2) is 5.43 Å². The monoisotopic (exact) mass is 520 g/mol. The summed E-state index contributed by atoms with van der Waals surface area (Å²) in [6.07, 6.45) is 3.58. The Morgan fingerprint density at radius 3 is 2.59 bits per heavy atom. The van der Waals surface area contributed by atoms with E-state index in [0.717, 1.165) is 16.7 Å². The second kappa shape index (κ2) is 9.36. The molecule has 5 aromatic rings. The topological polar surface area (TPSA) is 132 Å². The predicted molar refractivity (Wildman–Crippen MR) is 141 cm³/mol. The lowest BCUT2D eigenvalue weighted by Crippen LogP contribution is -2.13. The molecule has 5 rings (SSSR count). The van der Waals surface area contributed by atoms with Crippen molar-refractivity contribution in [2.45, 2.75) is 46.7 Å². The van der Waals surface area contributed by atoms with E-state index in [-0.39, 0.29) is 28.5 Å². The second-order valence-electron chi connectivity index (χ2n) is 9.26. The molecule has 2 N–H and O–H groups in total. The number of aromatic amines is 1. The van der Waals surface area contributed by atoms with Crippen molar-refractivity contribution in [2.24, 2.45) is 0 Å². The predicted octanol–water partition coefficient (Wildman–Crippen LogP) is 5.42. The van der Waals surface area contributed by atoms with Gasteiger partial charge in [-0.2, -0.15) is 5.10 Å². The molecule has 0 aliphatic carbocycles. The first-order valence-electron chi connectivity index (χ1n) is 11.7. The van der Waals surface area contributed by atoms with E-state index in [1.165, 1.54) is 0 Å². The third kappa shape index (κ3) is 4.55. The molecule has 0 saturated heterocycles. The molecule has 4 heterocycles. The summed E-state index contributed by atoms with van der Waals surface area (Å²) >= 11 is 6.11. The highest BCUT2D eigenvalue weighted by atomic mass is 35.5. The summed E-state index contributed by atoms with van der Waals surface area (Å²) in [5.41, 5.74) is 4.21. The number of nitrogens with zero attached hydrogens (tertiary/aromatic N) is 4. The van der Waals surface area contributed by atoms with Crippen LogP contribution in [0.5, 0.6) is 0 Å². The molecule has 0 amide bonds. The Kier molecular flexibility index (Phi) is 6.20. The van der Waals surface area contributed by atoms with Crippen LogP contribution >= 0.6 is 11.6 Å². The average Bonchev–Trinajstić information content (AvgIpc) is 3.52. The molecular weight excluding hydrogens is 496 g/mol. The number of pyridine rings is 1. The molecule has 10 nitrogen and oxygen atoms in total. The van der Waals surface area contributed by atoms with Gasteiger partial charge in [-0.05, 0) is 58.4 Å². The van der Waals surface area contributed by atoms with Crippen LogP contribution in [0.1, 0.15) is 49.5 Å². The van der Waals surface area contributed by atoms with E-state index in [0.29, 0.717) is 33.7 Å². The molecule has 0 bridgehead atoms. The van der Waals surface area contributed by atoms with E-state index in [9.17, 15) is 9.59 Å². The van der Waals surface area contributed by atoms with Crippen molar-refractivity contribution in [2.75, 3.05) is 5.32 Å². The zero-order valence-electron chi connectivity index (χ0n) is 20.9. The molecule has 11 heteroatoms. The number of fused-ring (bicyclic) bond motifs is 1. The van der Waals surface area contributed by atoms with Crippen molar-refractivity contribution in [3.8, 4) is 22.8 Å². The van der Waals surface area contributed by atoms with Crippen LogP contribution in [-0.4, -0.2) is 24.9 Å². The number of H-pyrrole nitrogens is 1. The van der Waals surface area contributed by atoms with Crippen molar-refractivity contribution in [3.05, 3.63) is 79.3 Å². The smallest absolute Gasteiger partial charge is 0.439 e. The zero-order valence-corrected chi connectivity index (χ0v) is 21.7. The largest absolute Gasteiger partial charge is 0.455 e. The lowest BCUT2D eigenvalue weighted by molar-refractivity contribution is 0.388. The van der Waals surface area contributed by atoms with Crippen LogP contribution in [0.3, 0.4) is 0 Å². The maximum atomic E-state index is 13.4. The van der Waals surface area contributed by atoms with Gasteiger partial charge in [-0.15, -0.1) is 0 Å². The number of anilines is 1. The zero-order chi connectivity index (χ0) is 26.4. The van der Waals surface area contributed by atoms with Crippen LogP contribution in [0, 0.1) is 13.8 Å². The van der Waals surface area contributed by atoms with Gasteiger partial charge in [-0.3, -0.25) is 19.0 Å². The van der Waals surface area contributed by atoms with E-state index in [4.69, 9.17) is 16.0 Å². The molecule has 0 aliphatic heterocycles. The van der Waals surface area contributed by atoms with E-state index in [2.05, 4.69) is 30.1 Å². The molecule has 37 heavy (non-hydrogen) atoms. The van der Waals surface area contributed by atoms with Crippen molar-refractivity contribution in [3.63, 3.8) is 0 Å². The first-order valence-corrected chi connectivity index (χ1v) is 12.1. The number of aromatic nitrogens is 5. The summed E-state index contributed by atoms with van der Waals surface area (Å²) in [7, 11) is 0. The summed E-state index contributed by atoms with van der Waals surface area (Å²) in [5.74, 6) is -0.0791. The van der Waals surface area contributed by atoms with Crippen molar-refractivity contribution >= 4 is 28.3 Å². The van der Waals surface area contributed by atoms with Crippen molar-refractivity contribution < 1.29 is 8.94 Å². The molecule has 1 aromatic carbocycles. The lowest BCUT2D eigenvalue weighted by atomic mass is 9.99. The van der Waals surface area contributed by atoms with Gasteiger partial charge in [0.05, 0.1) is 28.9 Å². The number of rotatable bonds is 6. The fourth-order valence-corrected chi connectivity index (χ4v) is 4.42.